The lowest BCUT2D eigenvalue weighted by Gasteiger charge is -2.25. The molecule has 5 heteroatoms. The molecule has 4 nitrogen and oxygen atoms in total. The van der Waals surface area contributed by atoms with E-state index in [0.29, 0.717) is 5.92 Å². The molecule has 0 spiro atoms. The first kappa shape index (κ1) is 8.38. The quantitative estimate of drug-likeness (QED) is 0.829. The van der Waals surface area contributed by atoms with Gasteiger partial charge in [-0.25, -0.2) is 0 Å². The second kappa shape index (κ2) is 3.03. The molecule has 1 N–H and O–H groups in total. The summed E-state index contributed by atoms with van der Waals surface area (Å²) in [6, 6.07) is 3.94. The van der Waals surface area contributed by atoms with Gasteiger partial charge >= 0.3 is 0 Å². The van der Waals surface area contributed by atoms with Gasteiger partial charge in [0.05, 0.1) is 0 Å². The molecule has 0 aliphatic carbocycles. The molecule has 1 aliphatic rings. The molecule has 3 rings (SSSR count). The van der Waals surface area contributed by atoms with Gasteiger partial charge < -0.3 is 5.32 Å². The Balaban J connectivity index is 2.18. The predicted molar refractivity (Wildman–Crippen MR) is 56.3 cm³/mol. The average molecular weight is 253 g/mol. The molecule has 1 fully saturated rings. The van der Waals surface area contributed by atoms with Crippen molar-refractivity contribution in [3.05, 3.63) is 28.6 Å². The lowest BCUT2D eigenvalue weighted by atomic mass is 10.0. The molecule has 1 aliphatic heterocycles. The monoisotopic (exact) mass is 252 g/mol. The van der Waals surface area contributed by atoms with E-state index in [-0.39, 0.29) is 0 Å². The highest BCUT2D eigenvalue weighted by Crippen LogP contribution is 2.20. The Bertz CT molecular complexity index is 475. The van der Waals surface area contributed by atoms with E-state index in [0.717, 1.165) is 29.0 Å². The fourth-order valence-electron chi connectivity index (χ4n) is 1.63. The first-order chi connectivity index (χ1) is 6.84. The normalized spacial score (nSPS) is 17.2. The van der Waals surface area contributed by atoms with Crippen LogP contribution in [0.5, 0.6) is 0 Å². The fraction of sp³-hybridized carbons (Fsp3) is 0.333. The molecule has 3 heterocycles. The molecule has 0 saturated carbocycles. The van der Waals surface area contributed by atoms with Gasteiger partial charge in [-0.3, -0.25) is 4.40 Å². The van der Waals surface area contributed by atoms with Gasteiger partial charge in [0.15, 0.2) is 5.65 Å². The van der Waals surface area contributed by atoms with Crippen LogP contribution < -0.4 is 5.32 Å². The van der Waals surface area contributed by atoms with Crippen molar-refractivity contribution in [1.82, 2.24) is 19.9 Å². The van der Waals surface area contributed by atoms with Gasteiger partial charge in [0.2, 0.25) is 0 Å². The van der Waals surface area contributed by atoms with Crippen molar-refractivity contribution in [2.75, 3.05) is 13.1 Å². The molecule has 0 radical (unpaired) electrons. The highest BCUT2D eigenvalue weighted by atomic mass is 79.9. The second-order valence-electron chi connectivity index (χ2n) is 3.49. The first-order valence-electron chi connectivity index (χ1n) is 4.55. The molecule has 72 valence electrons. The molecule has 0 bridgehead atoms. The number of fused-ring (bicyclic) bond motifs is 1. The van der Waals surface area contributed by atoms with Crippen molar-refractivity contribution in [3.63, 3.8) is 0 Å². The summed E-state index contributed by atoms with van der Waals surface area (Å²) in [5, 5.41) is 11.6. The van der Waals surface area contributed by atoms with E-state index in [1.807, 2.05) is 18.3 Å². The first-order valence-corrected chi connectivity index (χ1v) is 5.35. The van der Waals surface area contributed by atoms with E-state index in [1.165, 1.54) is 0 Å². The lowest BCUT2D eigenvalue weighted by molar-refractivity contribution is 0.427. The predicted octanol–water partition coefficient (Wildman–Crippen LogP) is 1.18. The molecule has 14 heavy (non-hydrogen) atoms. The molecule has 0 atom stereocenters. The SMILES string of the molecule is Brc1ccc2nnc(C3CNC3)n2c1. The number of pyridine rings is 1. The minimum Gasteiger partial charge on any atom is -0.315 e. The van der Waals surface area contributed by atoms with Crippen LogP contribution in [0.1, 0.15) is 11.7 Å². The second-order valence-corrected chi connectivity index (χ2v) is 4.40. The topological polar surface area (TPSA) is 42.2 Å². The van der Waals surface area contributed by atoms with Gasteiger partial charge in [-0.2, -0.15) is 0 Å². The number of hydrogen-bond donors (Lipinski definition) is 1. The number of hydrogen-bond acceptors (Lipinski definition) is 3. The summed E-state index contributed by atoms with van der Waals surface area (Å²) in [6.45, 7) is 2.01. The van der Waals surface area contributed by atoms with Gasteiger partial charge in [-0.1, -0.05) is 0 Å². The zero-order valence-electron chi connectivity index (χ0n) is 7.44. The Labute approximate surface area is 89.5 Å². The van der Waals surface area contributed by atoms with Gasteiger partial charge in [-0.15, -0.1) is 10.2 Å². The highest BCUT2D eigenvalue weighted by Gasteiger charge is 2.23. The maximum atomic E-state index is 4.21. The van der Waals surface area contributed by atoms with Crippen LogP contribution in [0.2, 0.25) is 0 Å². The zero-order valence-corrected chi connectivity index (χ0v) is 9.03. The highest BCUT2D eigenvalue weighted by molar-refractivity contribution is 9.10. The Morgan fingerprint density at radius 3 is 2.93 bits per heavy atom. The van der Waals surface area contributed by atoms with E-state index in [4.69, 9.17) is 0 Å². The Morgan fingerprint density at radius 1 is 1.36 bits per heavy atom. The summed E-state index contributed by atoms with van der Waals surface area (Å²) >= 11 is 3.45. The average Bonchev–Trinajstić information content (AvgIpc) is 2.46. The van der Waals surface area contributed by atoms with Crippen LogP contribution in [0.25, 0.3) is 5.65 Å². The van der Waals surface area contributed by atoms with Crippen LogP contribution in [-0.2, 0) is 0 Å². The third kappa shape index (κ3) is 1.16. The Hall–Kier alpha value is -0.940. The summed E-state index contributed by atoms with van der Waals surface area (Å²) in [5.41, 5.74) is 0.912. The van der Waals surface area contributed by atoms with Crippen LogP contribution >= 0.6 is 15.9 Å². The van der Waals surface area contributed by atoms with Crippen molar-refractivity contribution in [2.24, 2.45) is 0 Å². The smallest absolute Gasteiger partial charge is 0.160 e. The molecule has 0 unspecified atom stereocenters. The summed E-state index contributed by atoms with van der Waals surface area (Å²) in [6.07, 6.45) is 2.02. The summed E-state index contributed by atoms with van der Waals surface area (Å²) < 4.78 is 3.11. The van der Waals surface area contributed by atoms with E-state index in [2.05, 4.69) is 35.8 Å². The summed E-state index contributed by atoms with van der Waals surface area (Å²) in [4.78, 5) is 0. The molecule has 1 saturated heterocycles. The van der Waals surface area contributed by atoms with Crippen LogP contribution in [0, 0.1) is 0 Å². The lowest BCUT2D eigenvalue weighted by Crippen LogP contribution is -2.40. The zero-order chi connectivity index (χ0) is 9.54. The largest absolute Gasteiger partial charge is 0.315 e. The number of nitrogens with zero attached hydrogens (tertiary/aromatic N) is 3. The number of nitrogens with one attached hydrogen (secondary N) is 1. The number of aromatic nitrogens is 3. The van der Waals surface area contributed by atoms with E-state index in [9.17, 15) is 0 Å². The summed E-state index contributed by atoms with van der Waals surface area (Å²) in [7, 11) is 0. The standard InChI is InChI=1S/C9H9BrN4/c10-7-1-2-8-12-13-9(14(8)5-7)6-3-11-4-6/h1-2,5-6,11H,3-4H2. The molecular weight excluding hydrogens is 244 g/mol. The van der Waals surface area contributed by atoms with Gasteiger partial charge in [0, 0.05) is 29.7 Å². The fourth-order valence-corrected chi connectivity index (χ4v) is 1.97. The molecule has 2 aromatic heterocycles. The van der Waals surface area contributed by atoms with Crippen LogP contribution in [0.15, 0.2) is 22.8 Å². The third-order valence-electron chi connectivity index (χ3n) is 2.54. The third-order valence-corrected chi connectivity index (χ3v) is 3.01. The van der Waals surface area contributed by atoms with E-state index >= 15 is 0 Å². The van der Waals surface area contributed by atoms with Crippen molar-refractivity contribution in [2.45, 2.75) is 5.92 Å². The minimum atomic E-state index is 0.513. The van der Waals surface area contributed by atoms with Gasteiger partial charge in [0.25, 0.3) is 0 Å². The van der Waals surface area contributed by atoms with Crippen molar-refractivity contribution < 1.29 is 0 Å². The van der Waals surface area contributed by atoms with Crippen LogP contribution in [0.3, 0.4) is 0 Å². The molecule has 0 amide bonds. The van der Waals surface area contributed by atoms with Crippen LogP contribution in [-0.4, -0.2) is 27.7 Å². The van der Waals surface area contributed by atoms with Crippen molar-refractivity contribution in [1.29, 1.82) is 0 Å². The van der Waals surface area contributed by atoms with Crippen molar-refractivity contribution in [3.8, 4) is 0 Å². The molecule has 2 aromatic rings. The molecule has 0 aromatic carbocycles. The van der Waals surface area contributed by atoms with Crippen LogP contribution in [0.4, 0.5) is 0 Å². The van der Waals surface area contributed by atoms with E-state index < -0.39 is 0 Å². The Morgan fingerprint density at radius 2 is 2.21 bits per heavy atom. The number of halogens is 1. The van der Waals surface area contributed by atoms with Gasteiger partial charge in [0.1, 0.15) is 5.82 Å². The number of rotatable bonds is 1. The Kier molecular flexibility index (Phi) is 1.81. The van der Waals surface area contributed by atoms with E-state index in [1.54, 1.807) is 0 Å². The molecular formula is C9H9BrN4. The van der Waals surface area contributed by atoms with Crippen molar-refractivity contribution >= 4 is 21.6 Å². The summed E-state index contributed by atoms with van der Waals surface area (Å²) in [5.74, 6) is 1.57. The van der Waals surface area contributed by atoms with Gasteiger partial charge in [-0.05, 0) is 28.1 Å². The maximum absolute atomic E-state index is 4.21. The maximum Gasteiger partial charge on any atom is 0.160 e. The minimum absolute atomic E-state index is 0.513.